The molecule has 10 heteroatoms. The van der Waals surface area contributed by atoms with Gasteiger partial charge in [0.1, 0.15) is 5.52 Å². The fourth-order valence-electron chi connectivity index (χ4n) is 3.25. The number of aliphatic hydroxyl groups excluding tert-OH is 1. The number of aromatic nitrogens is 3. The zero-order chi connectivity index (χ0) is 20.6. The van der Waals surface area contributed by atoms with Crippen molar-refractivity contribution >= 4 is 27.1 Å². The van der Waals surface area contributed by atoms with Crippen LogP contribution in [0.1, 0.15) is 17.7 Å². The summed E-state index contributed by atoms with van der Waals surface area (Å²) in [6.45, 7) is 2.44. The number of rotatable bonds is 5. The smallest absolute Gasteiger partial charge is 0.269 e. The monoisotopic (exact) mass is 415 g/mol. The van der Waals surface area contributed by atoms with Crippen molar-refractivity contribution in [3.05, 3.63) is 54.0 Å². The van der Waals surface area contributed by atoms with Crippen molar-refractivity contribution < 1.29 is 18.3 Å². The van der Waals surface area contributed by atoms with E-state index in [4.69, 9.17) is 0 Å². The molecule has 0 spiro atoms. The number of aliphatic hydroxyl groups is 1. The van der Waals surface area contributed by atoms with Crippen molar-refractivity contribution in [2.45, 2.75) is 36.9 Å². The van der Waals surface area contributed by atoms with Gasteiger partial charge < -0.3 is 15.7 Å². The molecule has 1 aliphatic heterocycles. The van der Waals surface area contributed by atoms with Crippen molar-refractivity contribution in [3.63, 3.8) is 0 Å². The van der Waals surface area contributed by atoms with Gasteiger partial charge in [0.05, 0.1) is 35.5 Å². The Labute approximate surface area is 167 Å². The van der Waals surface area contributed by atoms with E-state index in [0.717, 1.165) is 9.54 Å². The van der Waals surface area contributed by atoms with E-state index in [9.17, 15) is 18.3 Å². The lowest BCUT2D eigenvalue weighted by atomic mass is 10.2. The van der Waals surface area contributed by atoms with Gasteiger partial charge in [-0.1, -0.05) is 17.7 Å². The highest BCUT2D eigenvalue weighted by Gasteiger charge is 2.27. The summed E-state index contributed by atoms with van der Waals surface area (Å²) in [5.41, 5.74) is 2.12. The van der Waals surface area contributed by atoms with Crippen LogP contribution in [0, 0.1) is 6.92 Å². The number of aryl methyl sites for hydroxylation is 1. The van der Waals surface area contributed by atoms with Crippen LogP contribution >= 0.6 is 0 Å². The Morgan fingerprint density at radius 2 is 2.07 bits per heavy atom. The number of β-amino-alcohol motifs (C(OH)–C–C–N with tert-alkyl or cyclic N) is 1. The van der Waals surface area contributed by atoms with Gasteiger partial charge >= 0.3 is 0 Å². The minimum absolute atomic E-state index is 0.159. The maximum absolute atomic E-state index is 12.9. The lowest BCUT2D eigenvalue weighted by molar-refractivity contribution is -0.123. The summed E-state index contributed by atoms with van der Waals surface area (Å²) in [6, 6.07) is 7.74. The molecule has 29 heavy (non-hydrogen) atoms. The Bertz CT molecular complexity index is 1160. The molecule has 1 aliphatic rings. The number of carbonyl (C=O) groups excluding carboxylic acids is 1. The molecule has 2 aromatic heterocycles. The van der Waals surface area contributed by atoms with Gasteiger partial charge in [-0.15, -0.1) is 0 Å². The molecule has 152 valence electrons. The van der Waals surface area contributed by atoms with Gasteiger partial charge in [-0.3, -0.25) is 4.79 Å². The van der Waals surface area contributed by atoms with E-state index in [0.29, 0.717) is 24.2 Å². The second-order valence-corrected chi connectivity index (χ2v) is 8.88. The molecular weight excluding hydrogens is 394 g/mol. The van der Waals surface area contributed by atoms with Crippen LogP contribution in [0.2, 0.25) is 0 Å². The highest BCUT2D eigenvalue weighted by atomic mass is 32.2. The summed E-state index contributed by atoms with van der Waals surface area (Å²) in [7, 11) is -3.78. The summed E-state index contributed by atoms with van der Waals surface area (Å²) in [4.78, 5) is 20.9. The average molecular weight is 415 g/mol. The summed E-state index contributed by atoms with van der Waals surface area (Å²) < 4.78 is 26.9. The fraction of sp³-hybridized carbons (Fsp3) is 0.316. The molecule has 3 heterocycles. The van der Waals surface area contributed by atoms with Crippen molar-refractivity contribution in [3.8, 4) is 0 Å². The number of fused-ring (bicyclic) bond motifs is 1. The maximum atomic E-state index is 12.9. The standard InChI is InChI=1S/C19H21N5O4S/c1-12-2-4-15(5-3-12)29(27,28)24-7-6-16-18(24)21-9-13(23-16)10-22-19(26)17-8-14(25)11-20-17/h2-7,9,14,17,20,25H,8,10-11H2,1H3,(H,22,26). The van der Waals surface area contributed by atoms with Crippen molar-refractivity contribution in [2.75, 3.05) is 6.54 Å². The second-order valence-electron chi connectivity index (χ2n) is 7.07. The van der Waals surface area contributed by atoms with Gasteiger partial charge in [-0.2, -0.15) is 0 Å². The molecule has 1 fully saturated rings. The van der Waals surface area contributed by atoms with E-state index >= 15 is 0 Å². The number of carbonyl (C=O) groups is 1. The predicted octanol–water partition coefficient (Wildman–Crippen LogP) is 0.316. The molecule has 1 amide bonds. The number of hydrogen-bond acceptors (Lipinski definition) is 7. The molecule has 9 nitrogen and oxygen atoms in total. The van der Waals surface area contributed by atoms with Gasteiger partial charge in [0.2, 0.25) is 5.91 Å². The van der Waals surface area contributed by atoms with Crippen molar-refractivity contribution in [1.82, 2.24) is 24.6 Å². The molecule has 3 aromatic rings. The van der Waals surface area contributed by atoms with Crippen LogP contribution in [-0.2, 0) is 21.4 Å². The third-order valence-corrected chi connectivity index (χ3v) is 6.53. The minimum atomic E-state index is -3.78. The maximum Gasteiger partial charge on any atom is 0.269 e. The summed E-state index contributed by atoms with van der Waals surface area (Å²) in [5.74, 6) is -0.219. The first-order valence-corrected chi connectivity index (χ1v) is 10.6. The predicted molar refractivity (Wildman–Crippen MR) is 106 cm³/mol. The largest absolute Gasteiger partial charge is 0.392 e. The quantitative estimate of drug-likeness (QED) is 0.548. The Hall–Kier alpha value is -2.82. The molecule has 3 N–H and O–H groups in total. The van der Waals surface area contributed by atoms with Crippen LogP contribution in [0.5, 0.6) is 0 Å². The molecule has 0 radical (unpaired) electrons. The van der Waals surface area contributed by atoms with Crippen LogP contribution in [0.25, 0.3) is 11.2 Å². The zero-order valence-electron chi connectivity index (χ0n) is 15.7. The van der Waals surface area contributed by atoms with Gasteiger partial charge in [0.15, 0.2) is 5.65 Å². The van der Waals surface area contributed by atoms with E-state index in [2.05, 4.69) is 20.6 Å². The SMILES string of the molecule is Cc1ccc(S(=O)(=O)n2ccc3nc(CNC(=O)C4CC(O)CN4)cnc32)cc1. The van der Waals surface area contributed by atoms with Gasteiger partial charge in [0, 0.05) is 12.7 Å². The van der Waals surface area contributed by atoms with Gasteiger partial charge in [0.25, 0.3) is 10.0 Å². The number of nitrogens with zero attached hydrogens (tertiary/aromatic N) is 3. The van der Waals surface area contributed by atoms with Crippen LogP contribution in [0.4, 0.5) is 0 Å². The Balaban J connectivity index is 1.53. The lowest BCUT2D eigenvalue weighted by Crippen LogP contribution is -2.40. The molecule has 2 atom stereocenters. The molecule has 1 aromatic carbocycles. The topological polar surface area (TPSA) is 126 Å². The molecule has 0 saturated carbocycles. The Kier molecular flexibility index (Phi) is 5.07. The lowest BCUT2D eigenvalue weighted by Gasteiger charge is -2.11. The van der Waals surface area contributed by atoms with E-state index in [1.165, 1.54) is 12.4 Å². The molecular formula is C19H21N5O4S. The third kappa shape index (κ3) is 3.86. The first-order chi connectivity index (χ1) is 13.8. The van der Waals surface area contributed by atoms with Crippen molar-refractivity contribution in [1.29, 1.82) is 0 Å². The van der Waals surface area contributed by atoms with Crippen LogP contribution in [0.15, 0.2) is 47.6 Å². The van der Waals surface area contributed by atoms with E-state index in [1.807, 2.05) is 6.92 Å². The normalized spacial score (nSPS) is 19.5. The first-order valence-electron chi connectivity index (χ1n) is 9.19. The summed E-state index contributed by atoms with van der Waals surface area (Å²) >= 11 is 0. The first kappa shape index (κ1) is 19.5. The van der Waals surface area contributed by atoms with Crippen molar-refractivity contribution in [2.24, 2.45) is 0 Å². The molecule has 2 unspecified atom stereocenters. The number of nitrogens with one attached hydrogen (secondary N) is 2. The number of benzene rings is 1. The summed E-state index contributed by atoms with van der Waals surface area (Å²) in [5, 5.41) is 15.2. The van der Waals surface area contributed by atoms with E-state index in [-0.39, 0.29) is 23.0 Å². The minimum Gasteiger partial charge on any atom is -0.392 e. The Morgan fingerprint density at radius 3 is 2.76 bits per heavy atom. The average Bonchev–Trinajstić information content (AvgIpc) is 3.32. The number of amides is 1. The number of hydrogen-bond donors (Lipinski definition) is 3. The van der Waals surface area contributed by atoms with Crippen LogP contribution in [0.3, 0.4) is 0 Å². The van der Waals surface area contributed by atoms with Crippen LogP contribution in [-0.4, -0.2) is 52.1 Å². The Morgan fingerprint density at radius 1 is 1.31 bits per heavy atom. The highest BCUT2D eigenvalue weighted by Crippen LogP contribution is 2.20. The van der Waals surface area contributed by atoms with E-state index in [1.54, 1.807) is 30.3 Å². The molecule has 1 saturated heterocycles. The highest BCUT2D eigenvalue weighted by molar-refractivity contribution is 7.90. The molecule has 4 rings (SSSR count). The third-order valence-electron chi connectivity index (χ3n) is 4.85. The van der Waals surface area contributed by atoms with Gasteiger partial charge in [-0.25, -0.2) is 22.4 Å². The van der Waals surface area contributed by atoms with Crippen LogP contribution < -0.4 is 10.6 Å². The zero-order valence-corrected chi connectivity index (χ0v) is 16.6. The summed E-state index contributed by atoms with van der Waals surface area (Å²) in [6.07, 6.45) is 2.72. The van der Waals surface area contributed by atoms with Gasteiger partial charge in [-0.05, 0) is 31.5 Å². The molecule has 0 aliphatic carbocycles. The van der Waals surface area contributed by atoms with E-state index < -0.39 is 22.2 Å². The second kappa shape index (κ2) is 7.54. The molecule has 0 bridgehead atoms. The fourth-order valence-corrected chi connectivity index (χ4v) is 4.54.